The molecule has 0 saturated heterocycles. The Hall–Kier alpha value is -0.340. The second-order valence-electron chi connectivity index (χ2n) is 2.12. The molecule has 0 aliphatic heterocycles. The van der Waals surface area contributed by atoms with Gasteiger partial charge in [0.05, 0.1) is 12.7 Å². The van der Waals surface area contributed by atoms with Crippen molar-refractivity contribution in [1.82, 2.24) is 0 Å². The highest BCUT2D eigenvalue weighted by Crippen LogP contribution is 1.94. The molecule has 0 saturated carbocycles. The van der Waals surface area contributed by atoms with Crippen molar-refractivity contribution in [2.45, 2.75) is 26.4 Å². The van der Waals surface area contributed by atoms with Gasteiger partial charge in [0, 0.05) is 6.61 Å². The van der Waals surface area contributed by atoms with E-state index in [1.807, 2.05) is 26.0 Å². The van der Waals surface area contributed by atoms with E-state index in [1.165, 1.54) is 0 Å². The van der Waals surface area contributed by atoms with E-state index in [1.54, 1.807) is 0 Å². The van der Waals surface area contributed by atoms with E-state index in [0.717, 1.165) is 13.0 Å². The van der Waals surface area contributed by atoms with Gasteiger partial charge >= 0.3 is 0 Å². The van der Waals surface area contributed by atoms with Gasteiger partial charge in [-0.1, -0.05) is 19.1 Å². The van der Waals surface area contributed by atoms with Crippen LogP contribution in [0.5, 0.6) is 0 Å². The Balaban J connectivity index is 3.39. The molecule has 1 N–H and O–H groups in total. The summed E-state index contributed by atoms with van der Waals surface area (Å²) in [5.41, 5.74) is 0. The third-order valence-corrected chi connectivity index (χ3v) is 1.12. The molecule has 2 heteroatoms. The molecule has 10 heavy (non-hydrogen) atoms. The van der Waals surface area contributed by atoms with Gasteiger partial charge in [-0.05, 0) is 13.3 Å². The maximum Gasteiger partial charge on any atom is 0.0986 e. The van der Waals surface area contributed by atoms with E-state index < -0.39 is 0 Å². The normalized spacial score (nSPS) is 14.3. The maximum atomic E-state index is 8.71. The van der Waals surface area contributed by atoms with Gasteiger partial charge in [0.1, 0.15) is 0 Å². The van der Waals surface area contributed by atoms with Gasteiger partial charge in [-0.2, -0.15) is 0 Å². The highest BCUT2D eigenvalue weighted by molar-refractivity contribution is 4.86. The molecular weight excluding hydrogens is 128 g/mol. The predicted octanol–water partition coefficient (Wildman–Crippen LogP) is 1.35. The van der Waals surface area contributed by atoms with E-state index in [2.05, 4.69) is 0 Å². The molecule has 1 unspecified atom stereocenters. The Labute approximate surface area is 62.5 Å². The number of ether oxygens (including phenoxy) is 1. The summed E-state index contributed by atoms with van der Waals surface area (Å²) >= 11 is 0. The fourth-order valence-electron chi connectivity index (χ4n) is 0.653. The highest BCUT2D eigenvalue weighted by atomic mass is 16.5. The monoisotopic (exact) mass is 144 g/mol. The van der Waals surface area contributed by atoms with Crippen LogP contribution in [0.4, 0.5) is 0 Å². The summed E-state index contributed by atoms with van der Waals surface area (Å²) in [6.45, 7) is 4.75. The molecule has 0 aromatic carbocycles. The summed E-state index contributed by atoms with van der Waals surface area (Å²) < 4.78 is 5.24. The lowest BCUT2D eigenvalue weighted by Gasteiger charge is -2.09. The molecule has 0 spiro atoms. The van der Waals surface area contributed by atoms with Gasteiger partial charge < -0.3 is 9.84 Å². The zero-order valence-corrected chi connectivity index (χ0v) is 6.71. The minimum Gasteiger partial charge on any atom is -0.393 e. The van der Waals surface area contributed by atoms with Gasteiger partial charge in [-0.3, -0.25) is 0 Å². The summed E-state index contributed by atoms with van der Waals surface area (Å²) in [5, 5.41) is 8.71. The fourth-order valence-corrected chi connectivity index (χ4v) is 0.653. The van der Waals surface area contributed by atoms with E-state index in [9.17, 15) is 0 Å². The molecular formula is C8H16O2. The first-order chi connectivity index (χ1) is 4.85. The SMILES string of the molecule is CC=CC(CO)OCCC. The first-order valence-electron chi connectivity index (χ1n) is 3.70. The second kappa shape index (κ2) is 6.78. The average Bonchev–Trinajstić information content (AvgIpc) is 1.98. The quantitative estimate of drug-likeness (QED) is 0.590. The smallest absolute Gasteiger partial charge is 0.0986 e. The van der Waals surface area contributed by atoms with Crippen LogP contribution >= 0.6 is 0 Å². The van der Waals surface area contributed by atoms with Crippen LogP contribution < -0.4 is 0 Å². The van der Waals surface area contributed by atoms with Crippen molar-refractivity contribution in [3.63, 3.8) is 0 Å². The summed E-state index contributed by atoms with van der Waals surface area (Å²) in [6.07, 6.45) is 4.63. The van der Waals surface area contributed by atoms with Crippen molar-refractivity contribution in [3.8, 4) is 0 Å². The number of allylic oxidation sites excluding steroid dienone is 1. The molecule has 0 bridgehead atoms. The predicted molar refractivity (Wildman–Crippen MR) is 41.9 cm³/mol. The molecule has 0 radical (unpaired) electrons. The van der Waals surface area contributed by atoms with Crippen molar-refractivity contribution >= 4 is 0 Å². The molecule has 60 valence electrons. The van der Waals surface area contributed by atoms with Crippen LogP contribution in [-0.2, 0) is 4.74 Å². The Morgan fingerprint density at radius 3 is 2.70 bits per heavy atom. The van der Waals surface area contributed by atoms with Gasteiger partial charge in [0.15, 0.2) is 0 Å². The van der Waals surface area contributed by atoms with Crippen molar-refractivity contribution in [1.29, 1.82) is 0 Å². The van der Waals surface area contributed by atoms with Crippen LogP contribution in [0, 0.1) is 0 Å². The van der Waals surface area contributed by atoms with E-state index in [0.29, 0.717) is 0 Å². The number of hydrogen-bond donors (Lipinski definition) is 1. The largest absolute Gasteiger partial charge is 0.393 e. The summed E-state index contributed by atoms with van der Waals surface area (Å²) in [4.78, 5) is 0. The van der Waals surface area contributed by atoms with E-state index in [4.69, 9.17) is 9.84 Å². The molecule has 0 aromatic heterocycles. The first kappa shape index (κ1) is 9.66. The Morgan fingerprint density at radius 2 is 2.30 bits per heavy atom. The molecule has 0 amide bonds. The van der Waals surface area contributed by atoms with Crippen LogP contribution in [-0.4, -0.2) is 24.4 Å². The Morgan fingerprint density at radius 1 is 1.60 bits per heavy atom. The molecule has 0 heterocycles. The summed E-state index contributed by atoms with van der Waals surface area (Å²) in [6, 6.07) is 0. The molecule has 0 aliphatic rings. The van der Waals surface area contributed by atoms with Crippen LogP contribution in [0.2, 0.25) is 0 Å². The fraction of sp³-hybridized carbons (Fsp3) is 0.750. The van der Waals surface area contributed by atoms with Gasteiger partial charge in [0.25, 0.3) is 0 Å². The number of aliphatic hydroxyl groups is 1. The van der Waals surface area contributed by atoms with Crippen molar-refractivity contribution < 1.29 is 9.84 Å². The van der Waals surface area contributed by atoms with Crippen LogP contribution in [0.1, 0.15) is 20.3 Å². The number of rotatable bonds is 5. The lowest BCUT2D eigenvalue weighted by molar-refractivity contribution is 0.0432. The molecule has 2 nitrogen and oxygen atoms in total. The number of aliphatic hydroxyl groups excluding tert-OH is 1. The van der Waals surface area contributed by atoms with Crippen LogP contribution in [0.15, 0.2) is 12.2 Å². The molecule has 0 aliphatic carbocycles. The average molecular weight is 144 g/mol. The van der Waals surface area contributed by atoms with Crippen molar-refractivity contribution in [3.05, 3.63) is 12.2 Å². The lowest BCUT2D eigenvalue weighted by Crippen LogP contribution is -2.14. The van der Waals surface area contributed by atoms with E-state index >= 15 is 0 Å². The summed E-state index contributed by atoms with van der Waals surface area (Å²) in [5.74, 6) is 0. The molecule has 0 rings (SSSR count). The first-order valence-corrected chi connectivity index (χ1v) is 3.70. The zero-order chi connectivity index (χ0) is 7.82. The summed E-state index contributed by atoms with van der Waals surface area (Å²) in [7, 11) is 0. The van der Waals surface area contributed by atoms with Gasteiger partial charge in [-0.15, -0.1) is 0 Å². The van der Waals surface area contributed by atoms with Crippen LogP contribution in [0.25, 0.3) is 0 Å². The minimum absolute atomic E-state index is 0.0737. The van der Waals surface area contributed by atoms with Crippen molar-refractivity contribution in [2.24, 2.45) is 0 Å². The second-order valence-corrected chi connectivity index (χ2v) is 2.12. The third kappa shape index (κ3) is 4.53. The highest BCUT2D eigenvalue weighted by Gasteiger charge is 1.99. The third-order valence-electron chi connectivity index (χ3n) is 1.12. The Bertz CT molecular complexity index is 89.3. The molecule has 1 atom stereocenters. The number of hydrogen-bond acceptors (Lipinski definition) is 2. The lowest BCUT2D eigenvalue weighted by atomic mass is 10.3. The van der Waals surface area contributed by atoms with Crippen molar-refractivity contribution in [2.75, 3.05) is 13.2 Å². The van der Waals surface area contributed by atoms with Gasteiger partial charge in [0.2, 0.25) is 0 Å². The van der Waals surface area contributed by atoms with Gasteiger partial charge in [-0.25, -0.2) is 0 Å². The standard InChI is InChI=1S/C8H16O2/c1-3-5-8(7-9)10-6-4-2/h3,5,8-9H,4,6-7H2,1-2H3. The molecule has 0 fully saturated rings. The minimum atomic E-state index is -0.107. The molecule has 0 aromatic rings. The Kier molecular flexibility index (Phi) is 6.55. The zero-order valence-electron chi connectivity index (χ0n) is 6.71. The maximum absolute atomic E-state index is 8.71. The topological polar surface area (TPSA) is 29.5 Å². The van der Waals surface area contributed by atoms with E-state index in [-0.39, 0.29) is 12.7 Å². The van der Waals surface area contributed by atoms with Crippen LogP contribution in [0.3, 0.4) is 0 Å².